The first-order valence-electron chi connectivity index (χ1n) is 10.5. The Morgan fingerprint density at radius 1 is 0.966 bits per heavy atom. The zero-order valence-corrected chi connectivity index (χ0v) is 17.2. The molecule has 0 bridgehead atoms. The van der Waals surface area contributed by atoms with Gasteiger partial charge in [0.25, 0.3) is 0 Å². The second-order valence-corrected chi connectivity index (χ2v) is 7.54. The number of benzene rings is 2. The van der Waals surface area contributed by atoms with Gasteiger partial charge in [0.15, 0.2) is 11.5 Å². The minimum absolute atomic E-state index is 0.00308. The molecule has 0 radical (unpaired) electrons. The summed E-state index contributed by atoms with van der Waals surface area (Å²) in [5.74, 6) is 1.64. The summed E-state index contributed by atoms with van der Waals surface area (Å²) in [5, 5.41) is 3.18. The van der Waals surface area contributed by atoms with Crippen molar-refractivity contribution in [3.05, 3.63) is 53.1 Å². The van der Waals surface area contributed by atoms with Gasteiger partial charge in [-0.3, -0.25) is 4.90 Å². The second kappa shape index (κ2) is 8.74. The van der Waals surface area contributed by atoms with Crippen molar-refractivity contribution in [2.24, 2.45) is 0 Å². The van der Waals surface area contributed by atoms with Crippen LogP contribution >= 0.6 is 0 Å². The van der Waals surface area contributed by atoms with Crippen LogP contribution < -0.4 is 14.8 Å². The minimum Gasteiger partial charge on any atom is -0.454 e. The van der Waals surface area contributed by atoms with Crippen molar-refractivity contribution in [3.63, 3.8) is 0 Å². The molecule has 0 aromatic heterocycles. The Kier molecular flexibility index (Phi) is 5.90. The number of fused-ring (bicyclic) bond motifs is 1. The lowest BCUT2D eigenvalue weighted by atomic mass is 10.0. The van der Waals surface area contributed by atoms with E-state index in [-0.39, 0.29) is 6.03 Å². The van der Waals surface area contributed by atoms with Gasteiger partial charge in [-0.2, -0.15) is 0 Å². The molecular formula is C23H29N3O3. The number of hydrogen-bond acceptors (Lipinski definition) is 4. The molecule has 1 saturated heterocycles. The van der Waals surface area contributed by atoms with Gasteiger partial charge in [0.1, 0.15) is 0 Å². The zero-order chi connectivity index (χ0) is 20.2. The van der Waals surface area contributed by atoms with Crippen molar-refractivity contribution in [2.75, 3.05) is 38.3 Å². The van der Waals surface area contributed by atoms with Gasteiger partial charge < -0.3 is 19.7 Å². The average molecular weight is 396 g/mol. The number of rotatable bonds is 5. The van der Waals surface area contributed by atoms with Crippen molar-refractivity contribution >= 4 is 11.7 Å². The van der Waals surface area contributed by atoms with Crippen LogP contribution in [0.1, 0.15) is 30.5 Å². The summed E-state index contributed by atoms with van der Waals surface area (Å²) in [6.45, 7) is 8.57. The summed E-state index contributed by atoms with van der Waals surface area (Å²) in [6, 6.07) is 12.4. The normalized spacial score (nSPS) is 16.1. The van der Waals surface area contributed by atoms with Crippen molar-refractivity contribution in [2.45, 2.75) is 33.2 Å². The Morgan fingerprint density at radius 3 is 2.34 bits per heavy atom. The summed E-state index contributed by atoms with van der Waals surface area (Å²) in [4.78, 5) is 17.2. The third-order valence-corrected chi connectivity index (χ3v) is 5.73. The van der Waals surface area contributed by atoms with Gasteiger partial charge in [0.2, 0.25) is 6.79 Å². The van der Waals surface area contributed by atoms with Crippen molar-refractivity contribution < 1.29 is 14.3 Å². The third-order valence-electron chi connectivity index (χ3n) is 5.73. The van der Waals surface area contributed by atoms with E-state index in [0.29, 0.717) is 6.79 Å². The summed E-state index contributed by atoms with van der Waals surface area (Å²) < 4.78 is 10.8. The molecule has 0 aliphatic carbocycles. The number of piperazine rings is 1. The van der Waals surface area contributed by atoms with Crippen molar-refractivity contribution in [3.8, 4) is 11.5 Å². The van der Waals surface area contributed by atoms with Crippen molar-refractivity contribution in [1.82, 2.24) is 9.80 Å². The van der Waals surface area contributed by atoms with Crippen LogP contribution in [0.5, 0.6) is 11.5 Å². The van der Waals surface area contributed by atoms with Gasteiger partial charge >= 0.3 is 6.03 Å². The molecule has 6 heteroatoms. The van der Waals surface area contributed by atoms with Crippen LogP contribution in [0.15, 0.2) is 36.4 Å². The first-order valence-corrected chi connectivity index (χ1v) is 10.5. The molecule has 2 heterocycles. The van der Waals surface area contributed by atoms with Gasteiger partial charge in [-0.25, -0.2) is 4.79 Å². The average Bonchev–Trinajstić information content (AvgIpc) is 3.22. The summed E-state index contributed by atoms with van der Waals surface area (Å²) >= 11 is 0. The number of amides is 2. The van der Waals surface area contributed by atoms with Crippen molar-refractivity contribution in [1.29, 1.82) is 0 Å². The standard InChI is InChI=1S/C23H29N3O3/c1-3-18-6-5-7-19(4-2)22(18)24-23(27)26-12-10-25(11-13-26)15-17-8-9-20-21(14-17)29-16-28-20/h5-9,14H,3-4,10-13,15-16H2,1-2H3,(H,24,27). The molecule has 29 heavy (non-hydrogen) atoms. The second-order valence-electron chi connectivity index (χ2n) is 7.54. The molecule has 4 rings (SSSR count). The van der Waals surface area contributed by atoms with Crippen LogP contribution in [-0.4, -0.2) is 48.8 Å². The smallest absolute Gasteiger partial charge is 0.321 e. The highest BCUT2D eigenvalue weighted by atomic mass is 16.7. The molecule has 2 aromatic carbocycles. The Labute approximate surface area is 172 Å². The highest BCUT2D eigenvalue weighted by Crippen LogP contribution is 2.33. The lowest BCUT2D eigenvalue weighted by Crippen LogP contribution is -2.49. The van der Waals surface area contributed by atoms with E-state index >= 15 is 0 Å². The van der Waals surface area contributed by atoms with Crippen LogP contribution in [0.4, 0.5) is 10.5 Å². The van der Waals surface area contributed by atoms with E-state index in [1.54, 1.807) is 0 Å². The first kappa shape index (κ1) is 19.6. The number of ether oxygens (including phenoxy) is 2. The molecule has 2 aromatic rings. The summed E-state index contributed by atoms with van der Waals surface area (Å²) in [6.07, 6.45) is 1.82. The molecule has 1 N–H and O–H groups in total. The Balaban J connectivity index is 1.33. The summed E-state index contributed by atoms with van der Waals surface area (Å²) in [7, 11) is 0. The quantitative estimate of drug-likeness (QED) is 0.835. The summed E-state index contributed by atoms with van der Waals surface area (Å²) in [5.41, 5.74) is 4.58. The van der Waals surface area contributed by atoms with E-state index in [4.69, 9.17) is 9.47 Å². The molecule has 0 atom stereocenters. The van der Waals surface area contributed by atoms with Gasteiger partial charge in [-0.1, -0.05) is 38.1 Å². The topological polar surface area (TPSA) is 54.0 Å². The number of aryl methyl sites for hydroxylation is 2. The Morgan fingerprint density at radius 2 is 1.66 bits per heavy atom. The van der Waals surface area contributed by atoms with Crippen LogP contribution in [0, 0.1) is 0 Å². The lowest BCUT2D eigenvalue weighted by Gasteiger charge is -2.35. The predicted octanol–water partition coefficient (Wildman–Crippen LogP) is 3.89. The largest absolute Gasteiger partial charge is 0.454 e. The zero-order valence-electron chi connectivity index (χ0n) is 17.2. The number of carbonyl (C=O) groups excluding carboxylic acids is 1. The van der Waals surface area contributed by atoms with E-state index in [9.17, 15) is 4.79 Å². The molecule has 154 valence electrons. The van der Waals surface area contributed by atoms with E-state index in [0.717, 1.165) is 62.8 Å². The fourth-order valence-corrected chi connectivity index (χ4v) is 4.00. The lowest BCUT2D eigenvalue weighted by molar-refractivity contribution is 0.143. The number of nitrogens with one attached hydrogen (secondary N) is 1. The maximum atomic E-state index is 12.9. The monoisotopic (exact) mass is 395 g/mol. The number of hydrogen-bond donors (Lipinski definition) is 1. The van der Waals surface area contributed by atoms with Gasteiger partial charge in [0, 0.05) is 38.4 Å². The van der Waals surface area contributed by atoms with E-state index < -0.39 is 0 Å². The molecule has 0 saturated carbocycles. The number of anilines is 1. The van der Waals surface area contributed by atoms with E-state index in [2.05, 4.69) is 54.4 Å². The fourth-order valence-electron chi connectivity index (χ4n) is 4.00. The number of para-hydroxylation sites is 1. The molecule has 2 amide bonds. The van der Waals surface area contributed by atoms with Crippen LogP contribution in [0.3, 0.4) is 0 Å². The van der Waals surface area contributed by atoms with Gasteiger partial charge in [-0.15, -0.1) is 0 Å². The number of nitrogens with zero attached hydrogens (tertiary/aromatic N) is 2. The molecular weight excluding hydrogens is 366 g/mol. The van der Waals surface area contributed by atoms with Gasteiger partial charge in [-0.05, 0) is 41.7 Å². The molecule has 1 fully saturated rings. The van der Waals surface area contributed by atoms with Gasteiger partial charge in [0.05, 0.1) is 0 Å². The highest BCUT2D eigenvalue weighted by molar-refractivity contribution is 5.91. The molecule has 6 nitrogen and oxygen atoms in total. The van der Waals surface area contributed by atoms with Crippen LogP contribution in [-0.2, 0) is 19.4 Å². The number of carbonyl (C=O) groups is 1. The van der Waals surface area contributed by atoms with Crippen LogP contribution in [0.25, 0.3) is 0 Å². The number of urea groups is 1. The molecule has 0 spiro atoms. The highest BCUT2D eigenvalue weighted by Gasteiger charge is 2.23. The Hall–Kier alpha value is -2.73. The van der Waals surface area contributed by atoms with Crippen LogP contribution in [0.2, 0.25) is 0 Å². The predicted molar refractivity (Wildman–Crippen MR) is 114 cm³/mol. The first-order chi connectivity index (χ1) is 14.2. The van der Waals surface area contributed by atoms with E-state index in [1.807, 2.05) is 11.0 Å². The SMILES string of the molecule is CCc1cccc(CC)c1NC(=O)N1CCN(Cc2ccc3c(c2)OCO3)CC1. The maximum Gasteiger partial charge on any atom is 0.321 e. The van der Waals surface area contributed by atoms with E-state index in [1.165, 1.54) is 16.7 Å². The fraction of sp³-hybridized carbons (Fsp3) is 0.435. The molecule has 2 aliphatic rings. The molecule has 2 aliphatic heterocycles. The third kappa shape index (κ3) is 4.32. The minimum atomic E-state index is 0.00308. The Bertz CT molecular complexity index is 853. The maximum absolute atomic E-state index is 12.9. The molecule has 0 unspecified atom stereocenters.